The number of aromatic nitrogens is 2. The van der Waals surface area contributed by atoms with Gasteiger partial charge in [0, 0.05) is 18.0 Å². The van der Waals surface area contributed by atoms with Crippen molar-refractivity contribution in [2.24, 2.45) is 11.8 Å². The molecule has 0 fully saturated rings. The summed E-state index contributed by atoms with van der Waals surface area (Å²) in [5.41, 5.74) is 0.0246. The smallest absolute Gasteiger partial charge is 0.115 e. The maximum atomic E-state index is 10.7. The lowest BCUT2D eigenvalue weighted by atomic mass is 9.80. The Bertz CT molecular complexity index is 311. The molecule has 0 saturated heterocycles. The van der Waals surface area contributed by atoms with Crippen LogP contribution in [0.3, 0.4) is 0 Å². The van der Waals surface area contributed by atoms with Gasteiger partial charge in [0.25, 0.3) is 0 Å². The van der Waals surface area contributed by atoms with Crippen molar-refractivity contribution in [3.05, 3.63) is 24.3 Å². The Hall–Kier alpha value is -0.960. The first kappa shape index (κ1) is 13.1. The van der Waals surface area contributed by atoms with Crippen LogP contribution >= 0.6 is 0 Å². The number of hydrogen-bond acceptors (Lipinski definition) is 3. The first-order valence-corrected chi connectivity index (χ1v) is 5.94. The molecule has 1 aromatic rings. The van der Waals surface area contributed by atoms with Crippen molar-refractivity contribution in [1.29, 1.82) is 0 Å². The maximum Gasteiger partial charge on any atom is 0.115 e. The molecule has 1 atom stereocenters. The number of nitrogens with zero attached hydrogens (tertiary/aromatic N) is 2. The summed E-state index contributed by atoms with van der Waals surface area (Å²) < 4.78 is 0. The highest BCUT2D eigenvalue weighted by molar-refractivity contribution is 5.15. The van der Waals surface area contributed by atoms with Crippen molar-refractivity contribution in [3.63, 3.8) is 0 Å². The molecule has 0 aliphatic rings. The average molecular weight is 222 g/mol. The second kappa shape index (κ2) is 5.39. The van der Waals surface area contributed by atoms with E-state index in [1.165, 1.54) is 6.33 Å². The zero-order valence-corrected chi connectivity index (χ0v) is 10.6. The molecule has 0 bridgehead atoms. The van der Waals surface area contributed by atoms with Gasteiger partial charge >= 0.3 is 0 Å². The Kier molecular flexibility index (Phi) is 4.42. The van der Waals surface area contributed by atoms with Gasteiger partial charge in [-0.15, -0.1) is 0 Å². The van der Waals surface area contributed by atoms with Crippen molar-refractivity contribution in [2.75, 3.05) is 0 Å². The summed E-state index contributed by atoms with van der Waals surface area (Å²) in [6, 6.07) is 0. The fraction of sp³-hybridized carbons (Fsp3) is 0.692. The van der Waals surface area contributed by atoms with E-state index < -0.39 is 5.60 Å². The van der Waals surface area contributed by atoms with Crippen LogP contribution in [0, 0.1) is 11.8 Å². The zero-order chi connectivity index (χ0) is 12.2. The van der Waals surface area contributed by atoms with Crippen molar-refractivity contribution >= 4 is 0 Å². The molecule has 1 aromatic heterocycles. The maximum absolute atomic E-state index is 10.7. The Labute approximate surface area is 97.9 Å². The summed E-state index contributed by atoms with van der Waals surface area (Å²) in [5, 5.41) is 10.7. The lowest BCUT2D eigenvalue weighted by Gasteiger charge is -2.32. The van der Waals surface area contributed by atoms with E-state index in [1.54, 1.807) is 12.4 Å². The quantitative estimate of drug-likeness (QED) is 0.833. The molecule has 0 aliphatic heterocycles. The standard InChI is InChI=1S/C13H22N2O/c1-10(2)5-6-13(16,11(3)4)12-7-14-9-15-8-12/h7-11,16H,5-6H2,1-4H3. The zero-order valence-electron chi connectivity index (χ0n) is 10.6. The summed E-state index contributed by atoms with van der Waals surface area (Å²) in [5.74, 6) is 0.757. The Morgan fingerprint density at radius 1 is 1.19 bits per heavy atom. The lowest BCUT2D eigenvalue weighted by Crippen LogP contribution is -2.32. The van der Waals surface area contributed by atoms with E-state index in [4.69, 9.17) is 0 Å². The molecule has 0 radical (unpaired) electrons. The van der Waals surface area contributed by atoms with Gasteiger partial charge in [0.2, 0.25) is 0 Å². The van der Waals surface area contributed by atoms with Crippen LogP contribution in [0.2, 0.25) is 0 Å². The van der Waals surface area contributed by atoms with Gasteiger partial charge in [-0.3, -0.25) is 0 Å². The molecule has 1 heterocycles. The van der Waals surface area contributed by atoms with Crippen LogP contribution < -0.4 is 0 Å². The van der Waals surface area contributed by atoms with Crippen LogP contribution in [-0.2, 0) is 5.60 Å². The molecule has 0 aromatic carbocycles. The molecule has 0 amide bonds. The van der Waals surface area contributed by atoms with Crippen molar-refractivity contribution < 1.29 is 5.11 Å². The van der Waals surface area contributed by atoms with Gasteiger partial charge in [-0.05, 0) is 24.7 Å². The van der Waals surface area contributed by atoms with Crippen molar-refractivity contribution in [3.8, 4) is 0 Å². The first-order valence-electron chi connectivity index (χ1n) is 5.94. The van der Waals surface area contributed by atoms with E-state index in [9.17, 15) is 5.11 Å². The highest BCUT2D eigenvalue weighted by atomic mass is 16.3. The van der Waals surface area contributed by atoms with Crippen LogP contribution in [0.4, 0.5) is 0 Å². The van der Waals surface area contributed by atoms with Gasteiger partial charge in [-0.25, -0.2) is 9.97 Å². The average Bonchev–Trinajstić information content (AvgIpc) is 2.26. The van der Waals surface area contributed by atoms with E-state index in [-0.39, 0.29) is 5.92 Å². The second-order valence-corrected chi connectivity index (χ2v) is 5.14. The van der Waals surface area contributed by atoms with E-state index in [2.05, 4.69) is 23.8 Å². The molecule has 0 saturated carbocycles. The Morgan fingerprint density at radius 2 is 1.75 bits per heavy atom. The van der Waals surface area contributed by atoms with Crippen LogP contribution in [0.5, 0.6) is 0 Å². The summed E-state index contributed by atoms with van der Waals surface area (Å²) in [4.78, 5) is 7.98. The van der Waals surface area contributed by atoms with Gasteiger partial charge in [-0.2, -0.15) is 0 Å². The highest BCUT2D eigenvalue weighted by Crippen LogP contribution is 2.34. The summed E-state index contributed by atoms with van der Waals surface area (Å²) >= 11 is 0. The molecule has 0 aliphatic carbocycles. The van der Waals surface area contributed by atoms with Gasteiger partial charge < -0.3 is 5.11 Å². The SMILES string of the molecule is CC(C)CCC(O)(c1cncnc1)C(C)C. The predicted molar refractivity (Wildman–Crippen MR) is 64.8 cm³/mol. The second-order valence-electron chi connectivity index (χ2n) is 5.14. The minimum Gasteiger partial charge on any atom is -0.385 e. The summed E-state index contributed by atoms with van der Waals surface area (Å²) in [6.45, 7) is 8.41. The third-order valence-corrected chi connectivity index (χ3v) is 3.12. The van der Waals surface area contributed by atoms with Crippen LogP contribution in [-0.4, -0.2) is 15.1 Å². The van der Waals surface area contributed by atoms with Gasteiger partial charge in [-0.1, -0.05) is 27.7 Å². The first-order chi connectivity index (χ1) is 7.47. The molecular weight excluding hydrogens is 200 g/mol. The largest absolute Gasteiger partial charge is 0.385 e. The lowest BCUT2D eigenvalue weighted by molar-refractivity contribution is -0.0234. The van der Waals surface area contributed by atoms with Gasteiger partial charge in [0.05, 0.1) is 5.60 Å². The number of rotatable bonds is 5. The van der Waals surface area contributed by atoms with E-state index in [0.717, 1.165) is 18.4 Å². The fourth-order valence-corrected chi connectivity index (χ4v) is 1.80. The third-order valence-electron chi connectivity index (χ3n) is 3.12. The van der Waals surface area contributed by atoms with E-state index in [0.29, 0.717) is 5.92 Å². The molecule has 3 heteroatoms. The van der Waals surface area contributed by atoms with Crippen LogP contribution in [0.15, 0.2) is 18.7 Å². The third kappa shape index (κ3) is 3.01. The number of hydrogen-bond donors (Lipinski definition) is 1. The van der Waals surface area contributed by atoms with Gasteiger partial charge in [0.15, 0.2) is 0 Å². The van der Waals surface area contributed by atoms with Crippen molar-refractivity contribution in [2.45, 2.75) is 46.1 Å². The van der Waals surface area contributed by atoms with Crippen molar-refractivity contribution in [1.82, 2.24) is 9.97 Å². The highest BCUT2D eigenvalue weighted by Gasteiger charge is 2.33. The number of aliphatic hydroxyl groups is 1. The monoisotopic (exact) mass is 222 g/mol. The topological polar surface area (TPSA) is 46.0 Å². The van der Waals surface area contributed by atoms with Crippen LogP contribution in [0.25, 0.3) is 0 Å². The minimum atomic E-state index is -0.800. The van der Waals surface area contributed by atoms with Crippen LogP contribution in [0.1, 0.15) is 46.1 Å². The molecule has 16 heavy (non-hydrogen) atoms. The fourth-order valence-electron chi connectivity index (χ4n) is 1.80. The molecule has 3 nitrogen and oxygen atoms in total. The molecule has 1 N–H and O–H groups in total. The normalized spacial score (nSPS) is 15.4. The minimum absolute atomic E-state index is 0.164. The summed E-state index contributed by atoms with van der Waals surface area (Å²) in [7, 11) is 0. The van der Waals surface area contributed by atoms with Gasteiger partial charge in [0.1, 0.15) is 6.33 Å². The summed E-state index contributed by atoms with van der Waals surface area (Å²) in [6.07, 6.45) is 6.69. The molecule has 90 valence electrons. The Balaban J connectivity index is 2.89. The molecular formula is C13H22N2O. The Morgan fingerprint density at radius 3 is 2.19 bits per heavy atom. The predicted octanol–water partition coefficient (Wildman–Crippen LogP) is 2.76. The molecule has 1 unspecified atom stereocenters. The molecule has 1 rings (SSSR count). The molecule has 0 spiro atoms. The van der Waals surface area contributed by atoms with E-state index in [1.807, 2.05) is 13.8 Å². The van der Waals surface area contributed by atoms with E-state index >= 15 is 0 Å².